The lowest BCUT2D eigenvalue weighted by molar-refractivity contribution is 0.243. The van der Waals surface area contributed by atoms with E-state index in [0.29, 0.717) is 16.7 Å². The zero-order chi connectivity index (χ0) is 17.2. The van der Waals surface area contributed by atoms with Crippen molar-refractivity contribution in [3.8, 4) is 11.5 Å². The number of benzene rings is 1. The second kappa shape index (κ2) is 6.86. The Balaban J connectivity index is 1.58. The van der Waals surface area contributed by atoms with E-state index in [1.807, 2.05) is 18.2 Å². The standard InChI is InChI=1S/C19H16ClFN4/c20-18-15-12-25(11-13-4-2-1-3-5-13)9-8-16(15)23-19(24-18)17-7-6-14(21)10-22-17/h1-7,10H,8-9,11-12H2. The largest absolute Gasteiger partial charge is 0.294 e. The molecule has 0 saturated heterocycles. The van der Waals surface area contributed by atoms with Crippen molar-refractivity contribution in [1.29, 1.82) is 0 Å². The van der Waals surface area contributed by atoms with Crippen molar-refractivity contribution in [2.45, 2.75) is 19.5 Å². The number of hydrogen-bond donors (Lipinski definition) is 0. The average Bonchev–Trinajstić information content (AvgIpc) is 2.63. The van der Waals surface area contributed by atoms with Crippen molar-refractivity contribution in [2.24, 2.45) is 0 Å². The highest BCUT2D eigenvalue weighted by atomic mass is 35.5. The smallest absolute Gasteiger partial charge is 0.179 e. The molecular formula is C19H16ClFN4. The summed E-state index contributed by atoms with van der Waals surface area (Å²) in [6.07, 6.45) is 1.96. The minimum Gasteiger partial charge on any atom is -0.294 e. The van der Waals surface area contributed by atoms with Gasteiger partial charge >= 0.3 is 0 Å². The van der Waals surface area contributed by atoms with Crippen molar-refractivity contribution in [3.63, 3.8) is 0 Å². The van der Waals surface area contributed by atoms with Crippen LogP contribution < -0.4 is 0 Å². The van der Waals surface area contributed by atoms with Crippen molar-refractivity contribution in [1.82, 2.24) is 19.9 Å². The molecule has 25 heavy (non-hydrogen) atoms. The summed E-state index contributed by atoms with van der Waals surface area (Å²) in [4.78, 5) is 15.4. The van der Waals surface area contributed by atoms with Crippen LogP contribution in [0.3, 0.4) is 0 Å². The Labute approximate surface area is 150 Å². The maximum absolute atomic E-state index is 13.0. The molecule has 6 heteroatoms. The van der Waals surface area contributed by atoms with Gasteiger partial charge in [-0.25, -0.2) is 19.3 Å². The lowest BCUT2D eigenvalue weighted by Crippen LogP contribution is -2.31. The van der Waals surface area contributed by atoms with Crippen LogP contribution in [0.25, 0.3) is 11.5 Å². The third-order valence-corrected chi connectivity index (χ3v) is 4.61. The third-order valence-electron chi connectivity index (χ3n) is 4.29. The molecule has 0 N–H and O–H groups in total. The third kappa shape index (κ3) is 3.52. The normalized spacial score (nSPS) is 14.3. The first-order valence-corrected chi connectivity index (χ1v) is 8.50. The summed E-state index contributed by atoms with van der Waals surface area (Å²) >= 11 is 6.42. The van der Waals surface area contributed by atoms with E-state index in [9.17, 15) is 4.39 Å². The first-order chi connectivity index (χ1) is 12.2. The summed E-state index contributed by atoms with van der Waals surface area (Å²) in [7, 11) is 0. The summed E-state index contributed by atoms with van der Waals surface area (Å²) in [6.45, 7) is 2.50. The summed E-state index contributed by atoms with van der Waals surface area (Å²) in [5.41, 5.74) is 3.72. The quantitative estimate of drug-likeness (QED) is 0.669. The predicted octanol–water partition coefficient (Wildman–Crippen LogP) is 3.89. The van der Waals surface area contributed by atoms with E-state index >= 15 is 0 Å². The van der Waals surface area contributed by atoms with E-state index in [0.717, 1.165) is 43.5 Å². The Morgan fingerprint density at radius 3 is 2.68 bits per heavy atom. The Hall–Kier alpha value is -2.37. The fourth-order valence-electron chi connectivity index (χ4n) is 3.03. The van der Waals surface area contributed by atoms with Gasteiger partial charge in [-0.05, 0) is 17.7 Å². The highest BCUT2D eigenvalue weighted by Gasteiger charge is 2.22. The molecule has 0 fully saturated rings. The Morgan fingerprint density at radius 1 is 1.08 bits per heavy atom. The van der Waals surface area contributed by atoms with Crippen LogP contribution in [0.2, 0.25) is 5.15 Å². The molecule has 4 rings (SSSR count). The molecule has 4 nitrogen and oxygen atoms in total. The van der Waals surface area contributed by atoms with Crippen LogP contribution in [0, 0.1) is 5.82 Å². The zero-order valence-electron chi connectivity index (χ0n) is 13.5. The van der Waals surface area contributed by atoms with E-state index in [2.05, 4.69) is 32.0 Å². The zero-order valence-corrected chi connectivity index (χ0v) is 14.2. The van der Waals surface area contributed by atoms with Gasteiger partial charge in [0, 0.05) is 31.6 Å². The summed E-state index contributed by atoms with van der Waals surface area (Å²) in [6, 6.07) is 13.3. The summed E-state index contributed by atoms with van der Waals surface area (Å²) in [5.74, 6) is 0.0598. The maximum atomic E-state index is 13.0. The van der Waals surface area contributed by atoms with Crippen molar-refractivity contribution >= 4 is 11.6 Å². The van der Waals surface area contributed by atoms with Gasteiger partial charge in [-0.15, -0.1) is 0 Å². The van der Waals surface area contributed by atoms with E-state index in [1.54, 1.807) is 6.07 Å². The van der Waals surface area contributed by atoms with E-state index < -0.39 is 0 Å². The fraction of sp³-hybridized carbons (Fsp3) is 0.211. The van der Waals surface area contributed by atoms with Gasteiger partial charge in [-0.3, -0.25) is 4.90 Å². The van der Waals surface area contributed by atoms with Gasteiger partial charge in [0.1, 0.15) is 16.7 Å². The molecule has 0 radical (unpaired) electrons. The van der Waals surface area contributed by atoms with Crippen LogP contribution in [0.1, 0.15) is 16.8 Å². The number of nitrogens with zero attached hydrogens (tertiary/aromatic N) is 4. The number of aromatic nitrogens is 3. The average molecular weight is 355 g/mol. The van der Waals surface area contributed by atoms with E-state index in [1.165, 1.54) is 11.6 Å². The molecule has 0 saturated carbocycles. The molecule has 2 aromatic heterocycles. The molecule has 126 valence electrons. The molecule has 0 bridgehead atoms. The van der Waals surface area contributed by atoms with Gasteiger partial charge < -0.3 is 0 Å². The van der Waals surface area contributed by atoms with Gasteiger partial charge in [-0.2, -0.15) is 0 Å². The molecule has 0 atom stereocenters. The molecule has 0 aliphatic carbocycles. The SMILES string of the molecule is Fc1ccc(-c2nc(Cl)c3c(n2)CCN(Cc2ccccc2)C3)nc1. The highest BCUT2D eigenvalue weighted by molar-refractivity contribution is 6.30. The van der Waals surface area contributed by atoms with Crippen molar-refractivity contribution in [3.05, 3.63) is 76.5 Å². The summed E-state index contributed by atoms with van der Waals surface area (Å²) in [5, 5.41) is 0.448. The lowest BCUT2D eigenvalue weighted by atomic mass is 10.1. The van der Waals surface area contributed by atoms with Crippen LogP contribution in [0.4, 0.5) is 4.39 Å². The van der Waals surface area contributed by atoms with Gasteiger partial charge in [0.2, 0.25) is 0 Å². The number of halogens is 2. The molecule has 0 spiro atoms. The van der Waals surface area contributed by atoms with Gasteiger partial charge in [0.05, 0.1) is 11.9 Å². The minimum absolute atomic E-state index is 0.385. The molecule has 1 aliphatic rings. The topological polar surface area (TPSA) is 41.9 Å². The Morgan fingerprint density at radius 2 is 1.92 bits per heavy atom. The van der Waals surface area contributed by atoms with E-state index in [-0.39, 0.29) is 5.82 Å². The molecule has 1 aromatic carbocycles. The highest BCUT2D eigenvalue weighted by Crippen LogP contribution is 2.27. The second-order valence-electron chi connectivity index (χ2n) is 6.07. The molecule has 1 aliphatic heterocycles. The second-order valence-corrected chi connectivity index (χ2v) is 6.43. The van der Waals surface area contributed by atoms with Crippen LogP contribution in [0.15, 0.2) is 48.7 Å². The first kappa shape index (κ1) is 16.1. The van der Waals surface area contributed by atoms with E-state index in [4.69, 9.17) is 11.6 Å². The minimum atomic E-state index is -0.385. The van der Waals surface area contributed by atoms with Crippen molar-refractivity contribution in [2.75, 3.05) is 6.54 Å². The van der Waals surface area contributed by atoms with Crippen LogP contribution in [0.5, 0.6) is 0 Å². The van der Waals surface area contributed by atoms with Crippen molar-refractivity contribution < 1.29 is 4.39 Å². The number of pyridine rings is 1. The Kier molecular flexibility index (Phi) is 4.42. The fourth-order valence-corrected chi connectivity index (χ4v) is 3.28. The molecule has 0 amide bonds. The van der Waals surface area contributed by atoms with Crippen LogP contribution >= 0.6 is 11.6 Å². The lowest BCUT2D eigenvalue weighted by Gasteiger charge is -2.28. The van der Waals surface area contributed by atoms with Gasteiger partial charge in [0.15, 0.2) is 5.82 Å². The molecular weight excluding hydrogens is 339 g/mol. The monoisotopic (exact) mass is 354 g/mol. The molecule has 3 aromatic rings. The number of rotatable bonds is 3. The predicted molar refractivity (Wildman–Crippen MR) is 94.5 cm³/mol. The molecule has 3 heterocycles. The summed E-state index contributed by atoms with van der Waals surface area (Å²) < 4.78 is 13.0. The maximum Gasteiger partial charge on any atom is 0.179 e. The van der Waals surface area contributed by atoms with Gasteiger partial charge in [0.25, 0.3) is 0 Å². The number of hydrogen-bond acceptors (Lipinski definition) is 4. The van der Waals surface area contributed by atoms with Gasteiger partial charge in [-0.1, -0.05) is 41.9 Å². The molecule has 0 unspecified atom stereocenters. The number of fused-ring (bicyclic) bond motifs is 1. The van der Waals surface area contributed by atoms with Crippen LogP contribution in [-0.2, 0) is 19.5 Å². The van der Waals surface area contributed by atoms with Crippen LogP contribution in [-0.4, -0.2) is 26.4 Å². The first-order valence-electron chi connectivity index (χ1n) is 8.12. The Bertz CT molecular complexity index is 884.